The van der Waals surface area contributed by atoms with E-state index in [9.17, 15) is 8.42 Å². The largest absolute Gasteiger partial charge is 0.376 e. The number of benzene rings is 3. The van der Waals surface area contributed by atoms with Crippen LogP contribution in [0.4, 0.5) is 5.69 Å². The molecule has 0 bridgehead atoms. The zero-order chi connectivity index (χ0) is 20.0. The molecular formula is C23H24N2O2S. The van der Waals surface area contributed by atoms with Crippen LogP contribution in [0.3, 0.4) is 0 Å². The van der Waals surface area contributed by atoms with Gasteiger partial charge in [-0.3, -0.25) is 0 Å². The molecule has 5 heteroatoms. The maximum Gasteiger partial charge on any atom is 0.241 e. The van der Waals surface area contributed by atoms with Gasteiger partial charge in [0.15, 0.2) is 0 Å². The minimum Gasteiger partial charge on any atom is -0.376 e. The van der Waals surface area contributed by atoms with Crippen molar-refractivity contribution in [2.24, 2.45) is 0 Å². The van der Waals surface area contributed by atoms with E-state index in [1.54, 1.807) is 30.3 Å². The Morgan fingerprint density at radius 1 is 0.857 bits per heavy atom. The molecule has 144 valence electrons. The molecule has 0 saturated heterocycles. The minimum atomic E-state index is -3.69. The second kappa shape index (κ2) is 8.87. The number of hydrogen-bond acceptors (Lipinski definition) is 3. The van der Waals surface area contributed by atoms with E-state index in [1.165, 1.54) is 0 Å². The summed E-state index contributed by atoms with van der Waals surface area (Å²) in [5.41, 5.74) is 2.87. The molecule has 0 aliphatic carbocycles. The number of anilines is 1. The van der Waals surface area contributed by atoms with Gasteiger partial charge >= 0.3 is 0 Å². The van der Waals surface area contributed by atoms with Crippen molar-refractivity contribution < 1.29 is 8.42 Å². The van der Waals surface area contributed by atoms with Crippen molar-refractivity contribution in [3.63, 3.8) is 0 Å². The normalized spacial score (nSPS) is 13.5. The van der Waals surface area contributed by atoms with E-state index < -0.39 is 16.1 Å². The molecule has 2 N–H and O–H groups in total. The fourth-order valence-electron chi connectivity index (χ4n) is 2.97. The van der Waals surface area contributed by atoms with Crippen molar-refractivity contribution in [1.29, 1.82) is 0 Å². The molecule has 0 radical (unpaired) electrons. The van der Waals surface area contributed by atoms with E-state index in [2.05, 4.69) is 16.6 Å². The van der Waals surface area contributed by atoms with Gasteiger partial charge in [-0.15, -0.1) is 6.58 Å². The second-order valence-electron chi connectivity index (χ2n) is 6.59. The standard InChI is InChI=1S/C23H24N2O2S/c1-3-22(25-28(26,27)21-16-14-18(2)15-17-21)23(19-10-6-4-7-11-19)24-20-12-8-5-9-13-20/h3-17,22-25H,1H2,2H3/t22-,23-/m1/s1. The molecule has 0 aliphatic heterocycles. The molecule has 0 unspecified atom stereocenters. The van der Waals surface area contributed by atoms with Crippen molar-refractivity contribution in [2.75, 3.05) is 5.32 Å². The van der Waals surface area contributed by atoms with Crippen LogP contribution in [-0.4, -0.2) is 14.5 Å². The van der Waals surface area contributed by atoms with Crippen LogP contribution >= 0.6 is 0 Å². The lowest BCUT2D eigenvalue weighted by Crippen LogP contribution is -2.40. The maximum atomic E-state index is 12.9. The fraction of sp³-hybridized carbons (Fsp3) is 0.130. The Bertz CT molecular complexity index is 1000. The Labute approximate surface area is 167 Å². The molecule has 0 amide bonds. The summed E-state index contributed by atoms with van der Waals surface area (Å²) < 4.78 is 28.6. The smallest absolute Gasteiger partial charge is 0.241 e. The number of rotatable bonds is 8. The van der Waals surface area contributed by atoms with Gasteiger partial charge < -0.3 is 5.32 Å². The molecule has 0 saturated carbocycles. The lowest BCUT2D eigenvalue weighted by Gasteiger charge is -2.28. The Morgan fingerprint density at radius 3 is 2.00 bits per heavy atom. The third-order valence-corrected chi connectivity index (χ3v) is 5.97. The molecule has 3 aromatic rings. The van der Waals surface area contributed by atoms with Crippen molar-refractivity contribution >= 4 is 15.7 Å². The quantitative estimate of drug-likeness (QED) is 0.547. The summed E-state index contributed by atoms with van der Waals surface area (Å²) in [5.74, 6) is 0. The molecule has 0 aliphatic rings. The van der Waals surface area contributed by atoms with Crippen molar-refractivity contribution in [3.05, 3.63) is 109 Å². The summed E-state index contributed by atoms with van der Waals surface area (Å²) in [7, 11) is -3.69. The molecule has 0 aromatic heterocycles. The van der Waals surface area contributed by atoms with Gasteiger partial charge in [-0.25, -0.2) is 13.1 Å². The van der Waals surface area contributed by atoms with Crippen LogP contribution in [0.2, 0.25) is 0 Å². The fourth-order valence-corrected chi connectivity index (χ4v) is 4.19. The maximum absolute atomic E-state index is 12.9. The van der Waals surface area contributed by atoms with Crippen LogP contribution in [-0.2, 0) is 10.0 Å². The average Bonchev–Trinajstić information content (AvgIpc) is 2.72. The first-order valence-electron chi connectivity index (χ1n) is 9.08. The summed E-state index contributed by atoms with van der Waals surface area (Å²) in [6.07, 6.45) is 1.62. The van der Waals surface area contributed by atoms with Gasteiger partial charge in [0.05, 0.1) is 17.0 Å². The van der Waals surface area contributed by atoms with Crippen LogP contribution in [0, 0.1) is 6.92 Å². The van der Waals surface area contributed by atoms with Gasteiger partial charge in [-0.1, -0.05) is 72.3 Å². The van der Waals surface area contributed by atoms with Crippen molar-refractivity contribution in [3.8, 4) is 0 Å². The van der Waals surface area contributed by atoms with Crippen LogP contribution in [0.15, 0.2) is 102 Å². The van der Waals surface area contributed by atoms with Gasteiger partial charge in [0.1, 0.15) is 0 Å². The third-order valence-electron chi connectivity index (χ3n) is 4.49. The molecule has 0 fully saturated rings. The van der Waals surface area contributed by atoms with Gasteiger partial charge in [0, 0.05) is 5.69 Å². The van der Waals surface area contributed by atoms with E-state index in [1.807, 2.05) is 67.6 Å². The van der Waals surface area contributed by atoms with E-state index >= 15 is 0 Å². The van der Waals surface area contributed by atoms with E-state index in [-0.39, 0.29) is 10.9 Å². The van der Waals surface area contributed by atoms with Gasteiger partial charge in [0.25, 0.3) is 0 Å². The first kappa shape index (κ1) is 19.9. The van der Waals surface area contributed by atoms with Gasteiger partial charge in [-0.05, 0) is 36.8 Å². The van der Waals surface area contributed by atoms with Crippen LogP contribution in [0.5, 0.6) is 0 Å². The molecule has 28 heavy (non-hydrogen) atoms. The molecule has 3 rings (SSSR count). The Kier molecular flexibility index (Phi) is 6.29. The van der Waals surface area contributed by atoms with Gasteiger partial charge in [0.2, 0.25) is 10.0 Å². The zero-order valence-electron chi connectivity index (χ0n) is 15.7. The highest BCUT2D eigenvalue weighted by Crippen LogP contribution is 2.25. The summed E-state index contributed by atoms with van der Waals surface area (Å²) >= 11 is 0. The van der Waals surface area contributed by atoms with Crippen LogP contribution in [0.1, 0.15) is 17.2 Å². The summed E-state index contributed by atoms with van der Waals surface area (Å²) in [5, 5.41) is 3.43. The third kappa shape index (κ3) is 4.88. The summed E-state index contributed by atoms with van der Waals surface area (Å²) in [4.78, 5) is 0.233. The number of sulfonamides is 1. The highest BCUT2D eigenvalue weighted by molar-refractivity contribution is 7.89. The molecule has 0 spiro atoms. The molecule has 2 atom stereocenters. The van der Waals surface area contributed by atoms with E-state index in [0.29, 0.717) is 0 Å². The number of para-hydroxylation sites is 1. The zero-order valence-corrected chi connectivity index (χ0v) is 16.6. The van der Waals surface area contributed by atoms with Crippen LogP contribution < -0.4 is 10.0 Å². The monoisotopic (exact) mass is 392 g/mol. The predicted octanol–water partition coefficient (Wildman–Crippen LogP) is 4.68. The second-order valence-corrected chi connectivity index (χ2v) is 8.31. The highest BCUT2D eigenvalue weighted by Gasteiger charge is 2.26. The first-order chi connectivity index (χ1) is 13.5. The van der Waals surface area contributed by atoms with E-state index in [0.717, 1.165) is 16.8 Å². The Hall–Kier alpha value is -2.89. The molecule has 4 nitrogen and oxygen atoms in total. The number of nitrogens with one attached hydrogen (secondary N) is 2. The average molecular weight is 393 g/mol. The number of aryl methyl sites for hydroxylation is 1. The summed E-state index contributed by atoms with van der Waals surface area (Å²) in [6.45, 7) is 5.80. The Morgan fingerprint density at radius 2 is 1.43 bits per heavy atom. The lowest BCUT2D eigenvalue weighted by atomic mass is 9.99. The van der Waals surface area contributed by atoms with Crippen LogP contribution in [0.25, 0.3) is 0 Å². The SMILES string of the molecule is C=C[C@@H](NS(=O)(=O)c1ccc(C)cc1)[C@H](Nc1ccccc1)c1ccccc1. The van der Waals surface area contributed by atoms with Gasteiger partial charge in [-0.2, -0.15) is 0 Å². The topological polar surface area (TPSA) is 58.2 Å². The van der Waals surface area contributed by atoms with Crippen molar-refractivity contribution in [1.82, 2.24) is 4.72 Å². The minimum absolute atomic E-state index is 0.233. The van der Waals surface area contributed by atoms with E-state index in [4.69, 9.17) is 0 Å². The molecule has 3 aromatic carbocycles. The molecule has 0 heterocycles. The summed E-state index contributed by atoms with van der Waals surface area (Å²) in [6, 6.07) is 25.4. The Balaban J connectivity index is 1.92. The van der Waals surface area contributed by atoms with Crippen molar-refractivity contribution in [2.45, 2.75) is 23.9 Å². The highest BCUT2D eigenvalue weighted by atomic mass is 32.2. The number of hydrogen-bond donors (Lipinski definition) is 2. The first-order valence-corrected chi connectivity index (χ1v) is 10.6. The molecular weight excluding hydrogens is 368 g/mol. The lowest BCUT2D eigenvalue weighted by molar-refractivity contribution is 0.553. The predicted molar refractivity (Wildman–Crippen MR) is 115 cm³/mol.